The fraction of sp³-hybridized carbons (Fsp3) is 0.500. The Morgan fingerprint density at radius 2 is 1.95 bits per heavy atom. The van der Waals surface area contributed by atoms with Crippen LogP contribution in [0.5, 0.6) is 0 Å². The number of aromatic nitrogens is 4. The first-order chi connectivity index (χ1) is 19.0. The molecule has 202 valence electrons. The smallest absolute Gasteiger partial charge is 0.254 e. The molecule has 9 heteroatoms. The number of nitrogens with two attached hydrogens (primary N) is 1. The lowest BCUT2D eigenvalue weighted by Gasteiger charge is -2.27. The summed E-state index contributed by atoms with van der Waals surface area (Å²) in [6, 6.07) is 9.37. The third-order valence-corrected chi connectivity index (χ3v) is 9.44. The van der Waals surface area contributed by atoms with Crippen LogP contribution in [0.2, 0.25) is 0 Å². The van der Waals surface area contributed by atoms with Gasteiger partial charge in [0.2, 0.25) is 0 Å². The summed E-state index contributed by atoms with van der Waals surface area (Å²) in [7, 11) is 0. The number of nitrogens with zero attached hydrogens (tertiary/aromatic N) is 5. The van der Waals surface area contributed by atoms with Crippen LogP contribution in [0.15, 0.2) is 36.5 Å². The summed E-state index contributed by atoms with van der Waals surface area (Å²) in [5.41, 5.74) is 9.54. The van der Waals surface area contributed by atoms with Gasteiger partial charge < -0.3 is 24.5 Å². The number of fused-ring (bicyclic) bond motifs is 4. The molecule has 4 atom stereocenters. The number of imidazole rings is 1. The number of amides is 1. The molecule has 2 bridgehead atoms. The molecule has 2 aliphatic heterocycles. The molecule has 4 fully saturated rings. The van der Waals surface area contributed by atoms with Gasteiger partial charge in [0.05, 0.1) is 17.8 Å². The van der Waals surface area contributed by atoms with Gasteiger partial charge in [0.15, 0.2) is 5.82 Å². The van der Waals surface area contributed by atoms with E-state index in [0.717, 1.165) is 55.0 Å². The van der Waals surface area contributed by atoms with Crippen LogP contribution in [0.4, 0.5) is 4.39 Å². The lowest BCUT2D eigenvalue weighted by atomic mass is 10.1. The summed E-state index contributed by atoms with van der Waals surface area (Å²) in [5, 5.41) is 1.05. The van der Waals surface area contributed by atoms with E-state index in [9.17, 15) is 4.79 Å². The molecular formula is C30H33FN6O2. The van der Waals surface area contributed by atoms with Crippen molar-refractivity contribution in [3.63, 3.8) is 0 Å². The van der Waals surface area contributed by atoms with Crippen LogP contribution < -0.4 is 5.73 Å². The van der Waals surface area contributed by atoms with E-state index in [4.69, 9.17) is 20.4 Å². The van der Waals surface area contributed by atoms with Gasteiger partial charge in [0.1, 0.15) is 17.0 Å². The van der Waals surface area contributed by atoms with Gasteiger partial charge in [-0.05, 0) is 74.3 Å². The first-order valence-electron chi connectivity index (χ1n) is 14.3. The molecule has 2 saturated heterocycles. The number of hydrogen-bond donors (Lipinski definition) is 1. The monoisotopic (exact) mass is 528 g/mol. The number of rotatable bonds is 6. The fourth-order valence-corrected chi connectivity index (χ4v) is 7.16. The SMILES string of the molecule is NC1C2CCC1N(C(=O)c1cc(F)c3c(c1)nc(-c1cc4cccnc4n1CC1CC1)n3C[C@H]1CCOC1)C2. The number of hydrogen-bond acceptors (Lipinski definition) is 5. The molecule has 1 aromatic carbocycles. The minimum Gasteiger partial charge on any atom is -0.381 e. The number of pyridine rings is 1. The molecular weight excluding hydrogens is 495 g/mol. The zero-order chi connectivity index (χ0) is 26.2. The third-order valence-electron chi connectivity index (χ3n) is 9.44. The molecule has 1 amide bonds. The summed E-state index contributed by atoms with van der Waals surface area (Å²) < 4.78 is 26.0. The number of likely N-dealkylation sites (tertiary alicyclic amines) is 1. The molecule has 2 N–H and O–H groups in total. The number of carbonyl (C=O) groups excluding carboxylic acids is 1. The summed E-state index contributed by atoms with van der Waals surface area (Å²) in [5.74, 6) is 1.42. The maximum absolute atomic E-state index is 16.0. The van der Waals surface area contributed by atoms with Crippen LogP contribution in [0.25, 0.3) is 33.6 Å². The summed E-state index contributed by atoms with van der Waals surface area (Å²) in [4.78, 5) is 25.1. The van der Waals surface area contributed by atoms with E-state index in [-0.39, 0.29) is 23.9 Å². The van der Waals surface area contributed by atoms with Crippen molar-refractivity contribution >= 4 is 28.0 Å². The minimum atomic E-state index is -0.412. The average Bonchev–Trinajstić information content (AvgIpc) is 3.31. The van der Waals surface area contributed by atoms with Crippen molar-refractivity contribution in [1.82, 2.24) is 24.0 Å². The molecule has 8 nitrogen and oxygen atoms in total. The van der Waals surface area contributed by atoms with E-state index in [0.29, 0.717) is 48.1 Å². The third kappa shape index (κ3) is 3.81. The maximum atomic E-state index is 16.0. The Hall–Kier alpha value is -3.30. The Morgan fingerprint density at radius 1 is 1.08 bits per heavy atom. The fourth-order valence-electron chi connectivity index (χ4n) is 7.16. The highest BCUT2D eigenvalue weighted by Gasteiger charge is 2.47. The van der Waals surface area contributed by atoms with E-state index in [1.165, 1.54) is 18.9 Å². The normalized spacial score (nSPS) is 26.5. The highest BCUT2D eigenvalue weighted by molar-refractivity contribution is 5.98. The van der Waals surface area contributed by atoms with Gasteiger partial charge in [-0.2, -0.15) is 0 Å². The van der Waals surface area contributed by atoms with E-state index >= 15 is 4.39 Å². The predicted molar refractivity (Wildman–Crippen MR) is 146 cm³/mol. The second-order valence-corrected chi connectivity index (χ2v) is 12.0. The van der Waals surface area contributed by atoms with Crippen LogP contribution >= 0.6 is 0 Å². The van der Waals surface area contributed by atoms with E-state index in [1.807, 2.05) is 21.7 Å². The van der Waals surface area contributed by atoms with Gasteiger partial charge in [0, 0.05) is 61.4 Å². The molecule has 2 aliphatic carbocycles. The van der Waals surface area contributed by atoms with E-state index < -0.39 is 5.82 Å². The number of carbonyl (C=O) groups is 1. The molecule has 2 saturated carbocycles. The minimum absolute atomic E-state index is 0.0176. The largest absolute Gasteiger partial charge is 0.381 e. The highest BCUT2D eigenvalue weighted by atomic mass is 19.1. The molecule has 4 aliphatic rings. The van der Waals surface area contributed by atoms with E-state index in [2.05, 4.69) is 16.7 Å². The average molecular weight is 529 g/mol. The number of benzene rings is 1. The van der Waals surface area contributed by atoms with Gasteiger partial charge in [0.25, 0.3) is 5.91 Å². The number of ether oxygens (including phenoxy) is 1. The Kier molecular flexibility index (Phi) is 5.35. The Bertz CT molecular complexity index is 1600. The van der Waals surface area contributed by atoms with Crippen molar-refractivity contribution in [2.24, 2.45) is 23.5 Å². The van der Waals surface area contributed by atoms with Gasteiger partial charge in [-0.25, -0.2) is 14.4 Å². The van der Waals surface area contributed by atoms with Crippen LogP contribution in [0.1, 0.15) is 42.5 Å². The van der Waals surface area contributed by atoms with Gasteiger partial charge in [-0.15, -0.1) is 0 Å². The summed E-state index contributed by atoms with van der Waals surface area (Å²) in [6.07, 6.45) is 7.16. The lowest BCUT2D eigenvalue weighted by Crippen LogP contribution is -2.41. The second kappa shape index (κ2) is 8.86. The summed E-state index contributed by atoms with van der Waals surface area (Å²) >= 11 is 0. The Balaban J connectivity index is 1.27. The highest BCUT2D eigenvalue weighted by Crippen LogP contribution is 2.39. The number of piperidine rings is 1. The van der Waals surface area contributed by atoms with Gasteiger partial charge >= 0.3 is 0 Å². The Labute approximate surface area is 225 Å². The quantitative estimate of drug-likeness (QED) is 0.405. The van der Waals surface area contributed by atoms with Crippen LogP contribution in [-0.2, 0) is 17.8 Å². The molecule has 8 rings (SSSR count). The molecule has 3 unspecified atom stereocenters. The first kappa shape index (κ1) is 23.6. The molecule has 39 heavy (non-hydrogen) atoms. The Morgan fingerprint density at radius 3 is 2.69 bits per heavy atom. The predicted octanol–water partition coefficient (Wildman–Crippen LogP) is 4.20. The second-order valence-electron chi connectivity index (χ2n) is 12.0. The van der Waals surface area contributed by atoms with E-state index in [1.54, 1.807) is 6.07 Å². The van der Waals surface area contributed by atoms with Crippen molar-refractivity contribution in [1.29, 1.82) is 0 Å². The lowest BCUT2D eigenvalue weighted by molar-refractivity contribution is 0.0700. The molecule has 0 spiro atoms. The standard InChI is InChI=1S/C30H33FN6O2/c31-22-10-21(30(38)36-15-20-5-6-24(36)26(20)32)11-23-27(22)37(14-18-7-9-39-16-18)29(34-23)25-12-19-2-1-8-33-28(19)35(25)13-17-3-4-17/h1-2,8,10-12,17-18,20,24,26H,3-7,9,13-16,32H2/t18-,20?,24?,26?/m1/s1. The molecule has 4 aromatic rings. The first-order valence-corrected chi connectivity index (χ1v) is 14.3. The zero-order valence-corrected chi connectivity index (χ0v) is 21.9. The van der Waals surface area contributed by atoms with Crippen molar-refractivity contribution in [2.45, 2.75) is 57.3 Å². The summed E-state index contributed by atoms with van der Waals surface area (Å²) in [6.45, 7) is 3.51. The maximum Gasteiger partial charge on any atom is 0.254 e. The van der Waals surface area contributed by atoms with Crippen molar-refractivity contribution in [2.75, 3.05) is 19.8 Å². The van der Waals surface area contributed by atoms with Crippen LogP contribution in [0, 0.1) is 23.6 Å². The zero-order valence-electron chi connectivity index (χ0n) is 21.9. The van der Waals surface area contributed by atoms with Gasteiger partial charge in [-0.1, -0.05) is 0 Å². The topological polar surface area (TPSA) is 91.2 Å². The van der Waals surface area contributed by atoms with Crippen LogP contribution in [0.3, 0.4) is 0 Å². The van der Waals surface area contributed by atoms with Crippen molar-refractivity contribution in [3.05, 3.63) is 47.9 Å². The van der Waals surface area contributed by atoms with Gasteiger partial charge in [-0.3, -0.25) is 4.79 Å². The molecule has 0 radical (unpaired) electrons. The van der Waals surface area contributed by atoms with Crippen molar-refractivity contribution in [3.8, 4) is 11.5 Å². The van der Waals surface area contributed by atoms with Crippen molar-refractivity contribution < 1.29 is 13.9 Å². The molecule has 3 aromatic heterocycles. The van der Waals surface area contributed by atoms with Crippen LogP contribution in [-0.4, -0.2) is 61.8 Å². The molecule has 5 heterocycles. The number of halogens is 1.